The van der Waals surface area contributed by atoms with Gasteiger partial charge in [-0.25, -0.2) is 0 Å². The van der Waals surface area contributed by atoms with Crippen molar-refractivity contribution in [3.8, 4) is 0 Å². The maximum atomic E-state index is 6.82. The average molecular weight is 929 g/mol. The Morgan fingerprint density at radius 3 is 1.63 bits per heavy atom. The fourth-order valence-electron chi connectivity index (χ4n) is 18.7. The summed E-state index contributed by atoms with van der Waals surface area (Å²) in [7, 11) is 3.31. The van der Waals surface area contributed by atoms with Crippen molar-refractivity contribution in [2.45, 2.75) is 248 Å². The second-order valence-corrected chi connectivity index (χ2v) is 28.9. The third-order valence-corrected chi connectivity index (χ3v) is 25.2. The zero-order valence-corrected chi connectivity index (χ0v) is 43.8. The molecule has 15 atom stereocenters. The molecule has 0 amide bonds. The fourth-order valence-corrected chi connectivity index (χ4v) is 19.8. The highest BCUT2D eigenvalue weighted by Gasteiger charge is 2.55. The van der Waals surface area contributed by atoms with Gasteiger partial charge < -0.3 is 14.2 Å². The lowest BCUT2D eigenvalue weighted by Crippen LogP contribution is -2.53. The van der Waals surface area contributed by atoms with E-state index in [0.717, 1.165) is 131 Å². The highest BCUT2D eigenvalue weighted by atomic mass is 32.1. The van der Waals surface area contributed by atoms with Crippen LogP contribution in [0, 0.1) is 112 Å². The van der Waals surface area contributed by atoms with Crippen molar-refractivity contribution in [1.82, 2.24) is 0 Å². The van der Waals surface area contributed by atoms with Crippen LogP contribution >= 0.6 is 21.9 Å². The summed E-state index contributed by atoms with van der Waals surface area (Å²) >= 11 is 5.07. The zero-order chi connectivity index (χ0) is 43.9. The van der Waals surface area contributed by atoms with Gasteiger partial charge in [0, 0.05) is 5.25 Å². The quantitative estimate of drug-likeness (QED) is 0.0749. The SMILES string of the molecule is CCC(CC(P)C1CC(OC2CCC2OC2CC(OC3CCC3C3CC(C4CC(C5CC(C6CCC6C6CC(C(C(C)S)C7C=CCCCC7)C6)C5)C4)C3)C2)C1)C1CC(C)C1C1CCC1. The van der Waals surface area contributed by atoms with Gasteiger partial charge in [0.05, 0.1) is 36.6 Å². The Bertz CT molecular complexity index is 1590. The third-order valence-electron chi connectivity index (χ3n) is 24.0. The highest BCUT2D eigenvalue weighted by molar-refractivity contribution is 7.80. The van der Waals surface area contributed by atoms with E-state index < -0.39 is 0 Å². The van der Waals surface area contributed by atoms with Crippen LogP contribution in [-0.4, -0.2) is 47.5 Å². The lowest BCUT2D eigenvalue weighted by molar-refractivity contribution is -0.226. The summed E-state index contributed by atoms with van der Waals surface area (Å²) < 4.78 is 20.2. The van der Waals surface area contributed by atoms with Gasteiger partial charge in [0.15, 0.2) is 0 Å². The smallest absolute Gasteiger partial charge is 0.0841 e. The van der Waals surface area contributed by atoms with E-state index in [-0.39, 0.29) is 0 Å². The summed E-state index contributed by atoms with van der Waals surface area (Å²) in [5.41, 5.74) is 0.783. The second kappa shape index (κ2) is 19.8. The topological polar surface area (TPSA) is 27.7 Å². The summed E-state index contributed by atoms with van der Waals surface area (Å²) in [4.78, 5) is 0. The number of thiol groups is 1. The van der Waals surface area contributed by atoms with Crippen LogP contribution in [-0.2, 0) is 14.2 Å². The van der Waals surface area contributed by atoms with Crippen molar-refractivity contribution in [1.29, 1.82) is 0 Å². The summed E-state index contributed by atoms with van der Waals surface area (Å²) in [6, 6.07) is 0. The molecule has 366 valence electrons. The Morgan fingerprint density at radius 2 is 1.11 bits per heavy atom. The predicted molar refractivity (Wildman–Crippen MR) is 274 cm³/mol. The first-order valence-electron chi connectivity index (χ1n) is 29.8. The van der Waals surface area contributed by atoms with E-state index in [1.54, 1.807) is 38.5 Å². The highest BCUT2D eigenvalue weighted by Crippen LogP contribution is 2.63. The van der Waals surface area contributed by atoms with Crippen molar-refractivity contribution < 1.29 is 14.2 Å². The van der Waals surface area contributed by atoms with E-state index >= 15 is 0 Å². The van der Waals surface area contributed by atoms with Gasteiger partial charge in [-0.05, 0) is 266 Å². The largest absolute Gasteiger partial charge is 0.374 e. The molecule has 0 radical (unpaired) electrons. The molecule has 0 bridgehead atoms. The standard InChI is InChI=1S/C60H97O3PS/c1-4-36(54-20-34(2)59(54)37-12-9-13-37)31-58(64)46-29-48(30-46)62-56-18-19-57(56)63-50-32-49(33-50)61-55-17-16-53(55)45-25-42(26-45)40-21-39(22-40)41-23-43(24-41)51-14-15-52(51)44-27-47(28-44)60(35(3)65)38-10-7-5-6-8-11-38/h7,10,34-60,65H,4-6,8-9,11-33,64H2,1-3H3. The van der Waals surface area contributed by atoms with E-state index in [9.17, 15) is 0 Å². The first-order chi connectivity index (χ1) is 31.7. The monoisotopic (exact) mass is 929 g/mol. The fraction of sp³-hybridized carbons (Fsp3) is 0.967. The van der Waals surface area contributed by atoms with E-state index in [1.807, 2.05) is 0 Å². The average Bonchev–Trinajstić information content (AvgIpc) is 3.43. The number of hydrogen-bond donors (Lipinski definition) is 1. The minimum absolute atomic E-state index is 0.343. The van der Waals surface area contributed by atoms with Gasteiger partial charge in [0.2, 0.25) is 0 Å². The maximum absolute atomic E-state index is 6.82. The van der Waals surface area contributed by atoms with Gasteiger partial charge in [-0.15, -0.1) is 9.24 Å². The second-order valence-electron chi connectivity index (χ2n) is 27.2. The molecule has 0 aromatic heterocycles. The van der Waals surface area contributed by atoms with E-state index in [0.29, 0.717) is 41.9 Å². The minimum atomic E-state index is 0.343. The van der Waals surface area contributed by atoms with E-state index in [2.05, 4.69) is 42.2 Å². The molecule has 0 aromatic rings. The van der Waals surface area contributed by atoms with Crippen LogP contribution in [0.2, 0.25) is 0 Å². The number of rotatable bonds is 20. The third kappa shape index (κ3) is 9.28. The predicted octanol–water partition coefficient (Wildman–Crippen LogP) is 15.2. The molecule has 0 heterocycles. The lowest BCUT2D eigenvalue weighted by atomic mass is 9.46. The molecule has 65 heavy (non-hydrogen) atoms. The zero-order valence-electron chi connectivity index (χ0n) is 41.8. The van der Waals surface area contributed by atoms with Gasteiger partial charge in [-0.3, -0.25) is 0 Å². The van der Waals surface area contributed by atoms with Crippen molar-refractivity contribution in [3.05, 3.63) is 12.2 Å². The molecule has 11 fully saturated rings. The van der Waals surface area contributed by atoms with Crippen LogP contribution in [0.25, 0.3) is 0 Å². The van der Waals surface area contributed by atoms with Crippen LogP contribution in [0.3, 0.4) is 0 Å². The molecule has 0 aliphatic heterocycles. The Kier molecular flexibility index (Phi) is 14.1. The Hall–Kier alpha value is 0.400. The molecule has 0 spiro atoms. The van der Waals surface area contributed by atoms with E-state index in [1.165, 1.54) is 128 Å². The molecule has 3 nitrogen and oxygen atoms in total. The molecular weight excluding hydrogens is 832 g/mol. The molecule has 0 N–H and O–H groups in total. The molecule has 11 saturated carbocycles. The van der Waals surface area contributed by atoms with Crippen molar-refractivity contribution in [2.24, 2.45) is 112 Å². The van der Waals surface area contributed by atoms with Crippen molar-refractivity contribution in [2.75, 3.05) is 0 Å². The van der Waals surface area contributed by atoms with Gasteiger partial charge >= 0.3 is 0 Å². The Labute approximate surface area is 406 Å². The minimum Gasteiger partial charge on any atom is -0.374 e. The first-order valence-corrected chi connectivity index (χ1v) is 31.0. The molecule has 12 rings (SSSR count). The first kappa shape index (κ1) is 46.5. The van der Waals surface area contributed by atoms with E-state index in [4.69, 9.17) is 26.8 Å². The number of allylic oxidation sites excluding steroid dienone is 2. The molecule has 12 aliphatic carbocycles. The Morgan fingerprint density at radius 1 is 0.554 bits per heavy atom. The van der Waals surface area contributed by atoms with Crippen LogP contribution in [0.5, 0.6) is 0 Å². The molecule has 0 aromatic carbocycles. The van der Waals surface area contributed by atoms with Gasteiger partial charge in [-0.2, -0.15) is 12.6 Å². The summed E-state index contributed by atoms with van der Waals surface area (Å²) in [6.45, 7) is 7.43. The van der Waals surface area contributed by atoms with Gasteiger partial charge in [0.25, 0.3) is 0 Å². The normalized spacial score (nSPS) is 52.0. The number of hydrogen-bond acceptors (Lipinski definition) is 4. The van der Waals surface area contributed by atoms with Crippen LogP contribution in [0.15, 0.2) is 12.2 Å². The molecule has 12 aliphatic rings. The van der Waals surface area contributed by atoms with Crippen LogP contribution in [0.4, 0.5) is 0 Å². The van der Waals surface area contributed by atoms with Crippen molar-refractivity contribution >= 4 is 21.9 Å². The van der Waals surface area contributed by atoms with Crippen molar-refractivity contribution in [3.63, 3.8) is 0 Å². The van der Waals surface area contributed by atoms with Gasteiger partial charge in [0.1, 0.15) is 0 Å². The summed E-state index contributed by atoms with van der Waals surface area (Å²) in [5.74, 6) is 19.0. The maximum Gasteiger partial charge on any atom is 0.0841 e. The summed E-state index contributed by atoms with van der Waals surface area (Å²) in [6.07, 6.45) is 47.7. The molecule has 5 heteroatoms. The Balaban J connectivity index is 0.496. The van der Waals surface area contributed by atoms with Crippen LogP contribution in [0.1, 0.15) is 201 Å². The van der Waals surface area contributed by atoms with Gasteiger partial charge in [-0.1, -0.05) is 65.0 Å². The summed E-state index contributed by atoms with van der Waals surface area (Å²) in [5, 5.41) is 0.546. The number of ether oxygens (including phenoxy) is 3. The molecule has 15 unspecified atom stereocenters. The van der Waals surface area contributed by atoms with Crippen LogP contribution < -0.4 is 0 Å². The lowest BCUT2D eigenvalue weighted by Gasteiger charge is -2.59. The molecule has 0 saturated heterocycles. The molecular formula is C60H97O3PS.